The van der Waals surface area contributed by atoms with E-state index in [-0.39, 0.29) is 6.61 Å². The first kappa shape index (κ1) is 13.4. The average Bonchev–Trinajstić information content (AvgIpc) is 2.49. The molecule has 4 nitrogen and oxygen atoms in total. The number of methoxy groups -OCH3 is 1. The second-order valence-corrected chi connectivity index (χ2v) is 4.59. The molecule has 1 aromatic heterocycles. The van der Waals surface area contributed by atoms with E-state index in [0.29, 0.717) is 0 Å². The maximum absolute atomic E-state index is 9.69. The van der Waals surface area contributed by atoms with Crippen molar-refractivity contribution < 1.29 is 9.84 Å². The number of aliphatic hydroxyl groups excluding tert-OH is 1. The van der Waals surface area contributed by atoms with Crippen LogP contribution in [0, 0.1) is 0 Å². The van der Waals surface area contributed by atoms with Gasteiger partial charge in [0.25, 0.3) is 0 Å². The number of aromatic nitrogens is 1. The zero-order chi connectivity index (χ0) is 13.7. The molecular weight excluding hydrogens is 240 g/mol. The number of nitrogens with one attached hydrogen (secondary N) is 1. The SMILES string of the molecule is COc1ccc(NC(C)(CO)c2cccnc2)cc1. The van der Waals surface area contributed by atoms with Gasteiger partial charge in [0.1, 0.15) is 5.75 Å². The number of aliphatic hydroxyl groups is 1. The van der Waals surface area contributed by atoms with Crippen molar-refractivity contribution in [3.05, 3.63) is 54.4 Å². The van der Waals surface area contributed by atoms with Crippen molar-refractivity contribution >= 4 is 5.69 Å². The Morgan fingerprint density at radius 1 is 1.26 bits per heavy atom. The molecule has 1 unspecified atom stereocenters. The Balaban J connectivity index is 2.22. The Labute approximate surface area is 113 Å². The fraction of sp³-hybridized carbons (Fsp3) is 0.267. The summed E-state index contributed by atoms with van der Waals surface area (Å²) in [6.45, 7) is 1.92. The highest BCUT2D eigenvalue weighted by atomic mass is 16.5. The Morgan fingerprint density at radius 3 is 2.53 bits per heavy atom. The predicted molar refractivity (Wildman–Crippen MR) is 75.3 cm³/mol. The van der Waals surface area contributed by atoms with Gasteiger partial charge in [-0.1, -0.05) is 6.07 Å². The maximum atomic E-state index is 9.69. The van der Waals surface area contributed by atoms with Crippen LogP contribution in [-0.4, -0.2) is 23.8 Å². The molecule has 4 heteroatoms. The third-order valence-electron chi connectivity index (χ3n) is 3.13. The van der Waals surface area contributed by atoms with Gasteiger partial charge in [-0.25, -0.2) is 0 Å². The van der Waals surface area contributed by atoms with Gasteiger partial charge in [0.2, 0.25) is 0 Å². The summed E-state index contributed by atoms with van der Waals surface area (Å²) >= 11 is 0. The molecule has 0 saturated carbocycles. The summed E-state index contributed by atoms with van der Waals surface area (Å²) in [6, 6.07) is 11.4. The summed E-state index contributed by atoms with van der Waals surface area (Å²) in [5.74, 6) is 0.803. The highest BCUT2D eigenvalue weighted by Crippen LogP contribution is 2.26. The van der Waals surface area contributed by atoms with Crippen molar-refractivity contribution in [2.24, 2.45) is 0 Å². The minimum atomic E-state index is -0.567. The number of anilines is 1. The molecule has 0 spiro atoms. The van der Waals surface area contributed by atoms with Crippen LogP contribution in [0.4, 0.5) is 5.69 Å². The normalized spacial score (nSPS) is 13.6. The van der Waals surface area contributed by atoms with Gasteiger partial charge >= 0.3 is 0 Å². The lowest BCUT2D eigenvalue weighted by atomic mass is 9.94. The number of ether oxygens (including phenoxy) is 1. The summed E-state index contributed by atoms with van der Waals surface area (Å²) in [5.41, 5.74) is 1.29. The van der Waals surface area contributed by atoms with Gasteiger partial charge in [-0.3, -0.25) is 4.98 Å². The first-order valence-electron chi connectivity index (χ1n) is 6.11. The van der Waals surface area contributed by atoms with Crippen LogP contribution < -0.4 is 10.1 Å². The average molecular weight is 258 g/mol. The molecule has 1 aromatic carbocycles. The molecule has 2 N–H and O–H groups in total. The van der Waals surface area contributed by atoms with Crippen LogP contribution in [0.15, 0.2) is 48.8 Å². The lowest BCUT2D eigenvalue weighted by molar-refractivity contribution is 0.224. The standard InChI is InChI=1S/C15H18N2O2/c1-15(11-18,12-4-3-9-16-10-12)17-13-5-7-14(19-2)8-6-13/h3-10,17-18H,11H2,1-2H3. The van der Waals surface area contributed by atoms with Crippen molar-refractivity contribution in [2.45, 2.75) is 12.5 Å². The number of hydrogen-bond donors (Lipinski definition) is 2. The van der Waals surface area contributed by atoms with Crippen molar-refractivity contribution in [3.63, 3.8) is 0 Å². The van der Waals surface area contributed by atoms with E-state index in [1.165, 1.54) is 0 Å². The Hall–Kier alpha value is -2.07. The maximum Gasteiger partial charge on any atom is 0.119 e. The minimum Gasteiger partial charge on any atom is -0.497 e. The summed E-state index contributed by atoms with van der Waals surface area (Å²) in [6.07, 6.45) is 3.47. The van der Waals surface area contributed by atoms with Crippen LogP contribution in [0.25, 0.3) is 0 Å². The molecule has 19 heavy (non-hydrogen) atoms. The van der Waals surface area contributed by atoms with E-state index in [4.69, 9.17) is 4.74 Å². The van der Waals surface area contributed by atoms with Crippen LogP contribution in [0.2, 0.25) is 0 Å². The van der Waals surface area contributed by atoms with Gasteiger partial charge in [-0.15, -0.1) is 0 Å². The van der Waals surface area contributed by atoms with E-state index in [1.807, 2.05) is 43.3 Å². The lowest BCUT2D eigenvalue weighted by Crippen LogP contribution is -2.35. The van der Waals surface area contributed by atoms with Gasteiger partial charge in [-0.05, 0) is 42.8 Å². The molecule has 0 bridgehead atoms. The fourth-order valence-corrected chi connectivity index (χ4v) is 1.89. The topological polar surface area (TPSA) is 54.4 Å². The first-order chi connectivity index (χ1) is 9.18. The molecule has 0 amide bonds. The van der Waals surface area contributed by atoms with E-state index < -0.39 is 5.54 Å². The second-order valence-electron chi connectivity index (χ2n) is 4.59. The smallest absolute Gasteiger partial charge is 0.119 e. The fourth-order valence-electron chi connectivity index (χ4n) is 1.89. The first-order valence-corrected chi connectivity index (χ1v) is 6.11. The summed E-state index contributed by atoms with van der Waals surface area (Å²) in [7, 11) is 1.63. The van der Waals surface area contributed by atoms with Crippen LogP contribution in [0.3, 0.4) is 0 Å². The van der Waals surface area contributed by atoms with E-state index in [1.54, 1.807) is 19.5 Å². The van der Waals surface area contributed by atoms with Crippen molar-refractivity contribution in [1.82, 2.24) is 4.98 Å². The largest absolute Gasteiger partial charge is 0.497 e. The molecule has 0 radical (unpaired) electrons. The summed E-state index contributed by atoms with van der Waals surface area (Å²) in [5, 5.41) is 13.0. The molecule has 2 aromatic rings. The molecule has 0 fully saturated rings. The van der Waals surface area contributed by atoms with E-state index in [9.17, 15) is 5.11 Å². The summed E-state index contributed by atoms with van der Waals surface area (Å²) < 4.78 is 5.12. The van der Waals surface area contributed by atoms with Crippen molar-refractivity contribution in [1.29, 1.82) is 0 Å². The van der Waals surface area contributed by atoms with E-state index in [2.05, 4.69) is 10.3 Å². The highest BCUT2D eigenvalue weighted by Gasteiger charge is 2.25. The molecule has 0 aliphatic heterocycles. The second kappa shape index (κ2) is 5.71. The number of benzene rings is 1. The predicted octanol–water partition coefficient (Wildman–Crippen LogP) is 2.41. The van der Waals surface area contributed by atoms with Gasteiger partial charge in [0.15, 0.2) is 0 Å². The molecule has 2 rings (SSSR count). The van der Waals surface area contributed by atoms with Gasteiger partial charge < -0.3 is 15.2 Å². The third-order valence-corrected chi connectivity index (χ3v) is 3.13. The van der Waals surface area contributed by atoms with Crippen LogP contribution in [0.5, 0.6) is 5.75 Å². The minimum absolute atomic E-state index is 0.0231. The quantitative estimate of drug-likeness (QED) is 0.864. The number of rotatable bonds is 5. The Morgan fingerprint density at radius 2 is 2.00 bits per heavy atom. The molecule has 1 atom stereocenters. The molecule has 0 aliphatic rings. The molecule has 0 saturated heterocycles. The molecule has 0 aliphatic carbocycles. The van der Waals surface area contributed by atoms with Crippen LogP contribution in [0.1, 0.15) is 12.5 Å². The van der Waals surface area contributed by atoms with E-state index >= 15 is 0 Å². The van der Waals surface area contributed by atoms with Gasteiger partial charge in [0, 0.05) is 18.1 Å². The highest BCUT2D eigenvalue weighted by molar-refractivity contribution is 5.49. The Bertz CT molecular complexity index is 513. The third kappa shape index (κ3) is 3.03. The summed E-state index contributed by atoms with van der Waals surface area (Å²) in [4.78, 5) is 4.10. The lowest BCUT2D eigenvalue weighted by Gasteiger charge is -2.30. The van der Waals surface area contributed by atoms with Crippen molar-refractivity contribution in [2.75, 3.05) is 19.0 Å². The molecule has 1 heterocycles. The molecule has 100 valence electrons. The Kier molecular flexibility index (Phi) is 4.02. The van der Waals surface area contributed by atoms with Crippen molar-refractivity contribution in [3.8, 4) is 5.75 Å². The van der Waals surface area contributed by atoms with Crippen LogP contribution in [-0.2, 0) is 5.54 Å². The van der Waals surface area contributed by atoms with Gasteiger partial charge in [-0.2, -0.15) is 0 Å². The zero-order valence-corrected chi connectivity index (χ0v) is 11.1. The zero-order valence-electron chi connectivity index (χ0n) is 11.1. The monoisotopic (exact) mass is 258 g/mol. The van der Waals surface area contributed by atoms with E-state index in [0.717, 1.165) is 17.0 Å². The van der Waals surface area contributed by atoms with Gasteiger partial charge in [0.05, 0.1) is 19.3 Å². The number of hydrogen-bond acceptors (Lipinski definition) is 4. The molecular formula is C15H18N2O2. The number of pyridine rings is 1. The van der Waals surface area contributed by atoms with Crippen LogP contribution >= 0.6 is 0 Å². The number of nitrogens with zero attached hydrogens (tertiary/aromatic N) is 1.